The van der Waals surface area contributed by atoms with Crippen molar-refractivity contribution < 1.29 is 23.0 Å². The Balaban J connectivity index is 2.58. The Morgan fingerprint density at radius 2 is 2.07 bits per heavy atom. The van der Waals surface area contributed by atoms with E-state index in [1.54, 1.807) is 0 Å². The number of ether oxygens (including phenoxy) is 1. The van der Waals surface area contributed by atoms with Crippen molar-refractivity contribution in [1.82, 2.24) is 0 Å². The number of rotatable bonds is 0. The quantitative estimate of drug-likeness (QED) is 0.701. The predicted octanol–water partition coefficient (Wildman–Crippen LogP) is 2.13. The van der Waals surface area contributed by atoms with Crippen LogP contribution in [0.2, 0.25) is 0 Å². The van der Waals surface area contributed by atoms with Gasteiger partial charge in [0.2, 0.25) is 0 Å². The van der Waals surface area contributed by atoms with E-state index >= 15 is 0 Å². The summed E-state index contributed by atoms with van der Waals surface area (Å²) in [5.74, 6) is 0.118. The molecule has 0 saturated carbocycles. The van der Waals surface area contributed by atoms with Crippen molar-refractivity contribution in [3.8, 4) is 5.75 Å². The molecule has 0 aliphatic carbocycles. The Morgan fingerprint density at radius 1 is 1.36 bits per heavy atom. The van der Waals surface area contributed by atoms with Crippen molar-refractivity contribution >= 4 is 0 Å². The summed E-state index contributed by atoms with van der Waals surface area (Å²) in [6.07, 6.45) is -5.62. The molecule has 0 spiro atoms. The number of benzene rings is 1. The van der Waals surface area contributed by atoms with Gasteiger partial charge in [-0.2, -0.15) is 13.2 Å². The molecule has 2 rings (SSSR count). The maximum absolute atomic E-state index is 12.4. The van der Waals surface area contributed by atoms with Gasteiger partial charge < -0.3 is 9.84 Å². The van der Waals surface area contributed by atoms with Crippen LogP contribution >= 0.6 is 0 Å². The maximum Gasteiger partial charge on any atom is 0.416 e. The Morgan fingerprint density at radius 3 is 2.71 bits per heavy atom. The van der Waals surface area contributed by atoms with Crippen LogP contribution in [0.15, 0.2) is 18.2 Å². The van der Waals surface area contributed by atoms with Gasteiger partial charge in [0.25, 0.3) is 0 Å². The highest BCUT2D eigenvalue weighted by molar-refractivity contribution is 5.45. The lowest BCUT2D eigenvalue weighted by atomic mass is 10.0. The summed E-state index contributed by atoms with van der Waals surface area (Å²) in [6, 6.07) is 3.62. The average molecular weight is 204 g/mol. The minimum Gasteiger partial charge on any atom is -0.490 e. The molecular formula is C9H7F3O2. The lowest BCUT2D eigenvalue weighted by Gasteiger charge is -2.11. The Labute approximate surface area is 77.9 Å². The molecule has 0 fully saturated rings. The van der Waals surface area contributed by atoms with Crippen LogP contribution in [0.4, 0.5) is 13.2 Å². The highest BCUT2D eigenvalue weighted by atomic mass is 19.4. The van der Waals surface area contributed by atoms with Crippen LogP contribution in [-0.4, -0.2) is 11.7 Å². The first-order valence-corrected chi connectivity index (χ1v) is 4.01. The molecule has 5 heteroatoms. The third kappa shape index (κ3) is 1.33. The number of aliphatic hydroxyl groups excluding tert-OH is 1. The van der Waals surface area contributed by atoms with Gasteiger partial charge in [-0.05, 0) is 12.1 Å². The molecule has 1 heterocycles. The summed E-state index contributed by atoms with van der Waals surface area (Å²) < 4.78 is 42.2. The summed E-state index contributed by atoms with van der Waals surface area (Å²) in [6.45, 7) is -0.109. The van der Waals surface area contributed by atoms with Crippen LogP contribution in [0.3, 0.4) is 0 Å². The van der Waals surface area contributed by atoms with E-state index in [0.29, 0.717) is 0 Å². The maximum atomic E-state index is 12.4. The van der Waals surface area contributed by atoms with Crippen LogP contribution in [0.5, 0.6) is 5.75 Å². The van der Waals surface area contributed by atoms with Crippen molar-refractivity contribution in [3.05, 3.63) is 29.3 Å². The lowest BCUT2D eigenvalue weighted by Crippen LogP contribution is -2.10. The van der Waals surface area contributed by atoms with E-state index < -0.39 is 17.8 Å². The second kappa shape index (κ2) is 2.88. The van der Waals surface area contributed by atoms with E-state index in [9.17, 15) is 18.3 Å². The topological polar surface area (TPSA) is 29.5 Å². The number of fused-ring (bicyclic) bond motifs is 1. The highest BCUT2D eigenvalue weighted by Gasteiger charge is 2.38. The zero-order chi connectivity index (χ0) is 10.3. The monoisotopic (exact) mass is 204 g/mol. The van der Waals surface area contributed by atoms with E-state index in [1.165, 1.54) is 12.1 Å². The molecular weight excluding hydrogens is 197 g/mol. The van der Waals surface area contributed by atoms with E-state index in [0.717, 1.165) is 6.07 Å². The van der Waals surface area contributed by atoms with Crippen molar-refractivity contribution in [1.29, 1.82) is 0 Å². The molecule has 76 valence electrons. The summed E-state index contributed by atoms with van der Waals surface area (Å²) in [4.78, 5) is 0. The molecule has 0 bridgehead atoms. The van der Waals surface area contributed by atoms with Gasteiger partial charge in [0.1, 0.15) is 18.5 Å². The molecule has 1 atom stereocenters. The number of aliphatic hydroxyl groups is 1. The molecule has 2 nitrogen and oxygen atoms in total. The third-order valence-corrected chi connectivity index (χ3v) is 2.10. The molecule has 1 aromatic carbocycles. The van der Waals surface area contributed by atoms with Gasteiger partial charge in [0.05, 0.1) is 5.56 Å². The lowest BCUT2D eigenvalue weighted by molar-refractivity contribution is -0.139. The molecule has 0 amide bonds. The van der Waals surface area contributed by atoms with Gasteiger partial charge in [0.15, 0.2) is 0 Å². The van der Waals surface area contributed by atoms with Crippen molar-refractivity contribution in [2.75, 3.05) is 6.61 Å². The van der Waals surface area contributed by atoms with Gasteiger partial charge in [-0.3, -0.25) is 0 Å². The van der Waals surface area contributed by atoms with Gasteiger partial charge in [-0.15, -0.1) is 0 Å². The molecule has 1 aliphatic heterocycles. The average Bonchev–Trinajstić information content (AvgIpc) is 2.46. The standard InChI is InChI=1S/C9H7F3O2/c10-9(11,12)5-2-1-3-7-8(5)6(13)4-14-7/h1-3,6,13H,4H2. The summed E-state index contributed by atoms with van der Waals surface area (Å²) in [7, 11) is 0. The number of halogens is 3. The van der Waals surface area contributed by atoms with Gasteiger partial charge in [-0.1, -0.05) is 6.07 Å². The summed E-state index contributed by atoms with van der Waals surface area (Å²) in [5, 5.41) is 9.30. The number of hydrogen-bond donors (Lipinski definition) is 1. The fourth-order valence-corrected chi connectivity index (χ4v) is 1.51. The van der Waals surface area contributed by atoms with Gasteiger partial charge in [-0.25, -0.2) is 0 Å². The first kappa shape index (κ1) is 9.33. The minimum absolute atomic E-state index is 0.109. The summed E-state index contributed by atoms with van der Waals surface area (Å²) in [5.41, 5.74) is -0.972. The Bertz CT molecular complexity index is 360. The van der Waals surface area contributed by atoms with Crippen molar-refractivity contribution in [3.63, 3.8) is 0 Å². The zero-order valence-electron chi connectivity index (χ0n) is 7.01. The molecule has 1 aromatic rings. The molecule has 14 heavy (non-hydrogen) atoms. The van der Waals surface area contributed by atoms with Crippen LogP contribution in [0.1, 0.15) is 17.2 Å². The van der Waals surface area contributed by atoms with Gasteiger partial charge >= 0.3 is 6.18 Å². The second-order valence-corrected chi connectivity index (χ2v) is 3.04. The normalized spacial score (nSPS) is 20.4. The largest absolute Gasteiger partial charge is 0.490 e. The van der Waals surface area contributed by atoms with Crippen LogP contribution < -0.4 is 4.74 Å². The first-order valence-electron chi connectivity index (χ1n) is 4.01. The van der Waals surface area contributed by atoms with E-state index in [4.69, 9.17) is 4.74 Å². The molecule has 0 radical (unpaired) electrons. The zero-order valence-corrected chi connectivity index (χ0v) is 7.01. The van der Waals surface area contributed by atoms with E-state index in [1.807, 2.05) is 0 Å². The predicted molar refractivity (Wildman–Crippen MR) is 41.9 cm³/mol. The second-order valence-electron chi connectivity index (χ2n) is 3.04. The fraction of sp³-hybridized carbons (Fsp3) is 0.333. The molecule has 0 saturated heterocycles. The third-order valence-electron chi connectivity index (χ3n) is 2.10. The van der Waals surface area contributed by atoms with Crippen LogP contribution in [-0.2, 0) is 6.18 Å². The minimum atomic E-state index is -4.44. The van der Waals surface area contributed by atoms with Crippen LogP contribution in [0.25, 0.3) is 0 Å². The van der Waals surface area contributed by atoms with Gasteiger partial charge in [0, 0.05) is 5.56 Å². The van der Waals surface area contributed by atoms with E-state index in [-0.39, 0.29) is 17.9 Å². The van der Waals surface area contributed by atoms with E-state index in [2.05, 4.69) is 0 Å². The smallest absolute Gasteiger partial charge is 0.416 e. The fourth-order valence-electron chi connectivity index (χ4n) is 1.51. The SMILES string of the molecule is OC1COc2cccc(C(F)(F)F)c21. The first-order chi connectivity index (χ1) is 6.50. The van der Waals surface area contributed by atoms with Crippen molar-refractivity contribution in [2.24, 2.45) is 0 Å². The highest BCUT2D eigenvalue weighted by Crippen LogP contribution is 2.42. The molecule has 1 N–H and O–H groups in total. The molecule has 1 aliphatic rings. The Hall–Kier alpha value is -1.23. The number of alkyl halides is 3. The summed E-state index contributed by atoms with van der Waals surface area (Å²) >= 11 is 0. The Kier molecular flexibility index (Phi) is 1.92. The number of hydrogen-bond acceptors (Lipinski definition) is 2. The molecule has 0 aromatic heterocycles. The van der Waals surface area contributed by atoms with Crippen LogP contribution in [0, 0.1) is 0 Å². The molecule has 1 unspecified atom stereocenters. The van der Waals surface area contributed by atoms with Crippen molar-refractivity contribution in [2.45, 2.75) is 12.3 Å².